The van der Waals surface area contributed by atoms with Crippen molar-refractivity contribution >= 4 is 11.7 Å². The summed E-state index contributed by atoms with van der Waals surface area (Å²) in [5, 5.41) is 10.8. The molecule has 116 valence electrons. The minimum Gasteiger partial charge on any atom is -0.497 e. The Morgan fingerprint density at radius 2 is 2.00 bits per heavy atom. The summed E-state index contributed by atoms with van der Waals surface area (Å²) in [4.78, 5) is 27.8. The van der Waals surface area contributed by atoms with Crippen molar-refractivity contribution in [1.82, 2.24) is 14.5 Å². The minimum absolute atomic E-state index is 0.211. The number of carbonyl (C=O) groups excluding carboxylic acids is 1. The predicted molar refractivity (Wildman–Crippen MR) is 78.7 cm³/mol. The molecule has 0 aliphatic carbocycles. The van der Waals surface area contributed by atoms with E-state index < -0.39 is 11.0 Å². The van der Waals surface area contributed by atoms with Gasteiger partial charge in [0.15, 0.2) is 0 Å². The highest BCUT2D eigenvalue weighted by atomic mass is 16.6. The SMILES string of the molecule is COc1ccc(C(C(=O)N(C)C)n2cnc([N+](=O)[O-])c2)cc1. The molecule has 0 radical (unpaired) electrons. The van der Waals surface area contributed by atoms with Crippen LogP contribution in [0.25, 0.3) is 0 Å². The number of ether oxygens (including phenoxy) is 1. The van der Waals surface area contributed by atoms with E-state index in [1.54, 1.807) is 45.5 Å². The Hall–Kier alpha value is -2.90. The highest BCUT2D eigenvalue weighted by Crippen LogP contribution is 2.24. The summed E-state index contributed by atoms with van der Waals surface area (Å²) in [5.41, 5.74) is 0.687. The summed E-state index contributed by atoms with van der Waals surface area (Å²) in [7, 11) is 4.81. The summed E-state index contributed by atoms with van der Waals surface area (Å²) in [6.07, 6.45) is 2.53. The van der Waals surface area contributed by atoms with Crippen molar-refractivity contribution in [3.05, 3.63) is 52.5 Å². The third kappa shape index (κ3) is 3.05. The van der Waals surface area contributed by atoms with Gasteiger partial charge >= 0.3 is 5.82 Å². The number of nitro groups is 1. The lowest BCUT2D eigenvalue weighted by Gasteiger charge is -2.21. The summed E-state index contributed by atoms with van der Waals surface area (Å²) >= 11 is 0. The van der Waals surface area contributed by atoms with Crippen molar-refractivity contribution in [2.45, 2.75) is 6.04 Å². The van der Waals surface area contributed by atoms with Crippen LogP contribution in [-0.4, -0.2) is 46.5 Å². The van der Waals surface area contributed by atoms with Crippen molar-refractivity contribution < 1.29 is 14.5 Å². The largest absolute Gasteiger partial charge is 0.497 e. The first-order valence-corrected chi connectivity index (χ1v) is 6.47. The van der Waals surface area contributed by atoms with Crippen molar-refractivity contribution in [1.29, 1.82) is 0 Å². The van der Waals surface area contributed by atoms with Crippen LogP contribution in [-0.2, 0) is 4.79 Å². The first-order chi connectivity index (χ1) is 10.4. The van der Waals surface area contributed by atoms with Gasteiger partial charge in [-0.1, -0.05) is 12.1 Å². The first kappa shape index (κ1) is 15.5. The van der Waals surface area contributed by atoms with Crippen LogP contribution in [0, 0.1) is 10.1 Å². The molecule has 0 fully saturated rings. The van der Waals surface area contributed by atoms with Crippen molar-refractivity contribution in [2.24, 2.45) is 0 Å². The van der Waals surface area contributed by atoms with Gasteiger partial charge in [-0.15, -0.1) is 0 Å². The molecule has 1 atom stereocenters. The molecule has 1 heterocycles. The average molecular weight is 304 g/mol. The molecule has 1 amide bonds. The van der Waals surface area contributed by atoms with Crippen molar-refractivity contribution in [2.75, 3.05) is 21.2 Å². The van der Waals surface area contributed by atoms with E-state index in [1.807, 2.05) is 0 Å². The van der Waals surface area contributed by atoms with E-state index in [9.17, 15) is 14.9 Å². The van der Waals surface area contributed by atoms with Gasteiger partial charge in [-0.2, -0.15) is 0 Å². The summed E-state index contributed by atoms with van der Waals surface area (Å²) in [6.45, 7) is 0. The molecule has 0 aliphatic rings. The second-order valence-electron chi connectivity index (χ2n) is 4.84. The number of benzene rings is 1. The molecule has 1 aromatic carbocycles. The van der Waals surface area contributed by atoms with E-state index in [0.29, 0.717) is 11.3 Å². The lowest BCUT2D eigenvalue weighted by molar-refractivity contribution is -0.389. The van der Waals surface area contributed by atoms with Crippen LogP contribution in [0.1, 0.15) is 11.6 Å². The number of imidazole rings is 1. The second-order valence-corrected chi connectivity index (χ2v) is 4.84. The van der Waals surface area contributed by atoms with Gasteiger partial charge in [0.25, 0.3) is 0 Å². The molecule has 0 saturated heterocycles. The number of amides is 1. The molecule has 0 bridgehead atoms. The van der Waals surface area contributed by atoms with Crippen molar-refractivity contribution in [3.63, 3.8) is 0 Å². The van der Waals surface area contributed by atoms with Crippen LogP contribution in [0.3, 0.4) is 0 Å². The monoisotopic (exact) mass is 304 g/mol. The molecule has 1 unspecified atom stereocenters. The number of rotatable bonds is 5. The maximum atomic E-state index is 12.5. The number of hydrogen-bond donors (Lipinski definition) is 0. The van der Waals surface area contributed by atoms with Gasteiger partial charge in [0.1, 0.15) is 18.0 Å². The van der Waals surface area contributed by atoms with E-state index in [1.165, 1.54) is 22.0 Å². The standard InChI is InChI=1S/C14H16N4O4/c1-16(2)14(19)13(10-4-6-11(22-3)7-5-10)17-8-12(15-9-17)18(20)21/h4-9,13H,1-3H3. The smallest absolute Gasteiger partial charge is 0.381 e. The van der Waals surface area contributed by atoms with Gasteiger partial charge in [-0.05, 0) is 27.6 Å². The summed E-state index contributed by atoms with van der Waals surface area (Å²) in [5.74, 6) is 0.152. The van der Waals surface area contributed by atoms with Crippen LogP contribution in [0.15, 0.2) is 36.8 Å². The predicted octanol–water partition coefficient (Wildman–Crippen LogP) is 1.48. The number of likely N-dealkylation sites (N-methyl/N-ethyl adjacent to an activating group) is 1. The number of aromatic nitrogens is 2. The van der Waals surface area contributed by atoms with E-state index in [2.05, 4.69) is 4.98 Å². The zero-order valence-corrected chi connectivity index (χ0v) is 12.5. The molecular formula is C14H16N4O4. The van der Waals surface area contributed by atoms with Crippen LogP contribution in [0.5, 0.6) is 5.75 Å². The zero-order chi connectivity index (χ0) is 16.3. The molecule has 0 saturated carbocycles. The Balaban J connectivity index is 2.45. The average Bonchev–Trinajstić information content (AvgIpc) is 2.98. The lowest BCUT2D eigenvalue weighted by atomic mass is 10.1. The molecule has 0 aliphatic heterocycles. The maximum Gasteiger partial charge on any atom is 0.381 e. The number of carbonyl (C=O) groups is 1. The molecule has 0 N–H and O–H groups in total. The lowest BCUT2D eigenvalue weighted by Crippen LogP contribution is -2.31. The maximum absolute atomic E-state index is 12.5. The molecule has 8 heteroatoms. The number of hydrogen-bond acceptors (Lipinski definition) is 5. The molecule has 2 aromatic rings. The number of nitrogens with zero attached hydrogens (tertiary/aromatic N) is 4. The Kier molecular flexibility index (Phi) is 4.40. The van der Waals surface area contributed by atoms with Gasteiger partial charge in [-0.25, -0.2) is 0 Å². The van der Waals surface area contributed by atoms with Gasteiger partial charge in [0, 0.05) is 14.1 Å². The highest BCUT2D eigenvalue weighted by molar-refractivity contribution is 5.83. The third-order valence-corrected chi connectivity index (χ3v) is 3.18. The molecule has 1 aromatic heterocycles. The molecule has 8 nitrogen and oxygen atoms in total. The fourth-order valence-electron chi connectivity index (χ4n) is 2.03. The van der Waals surface area contributed by atoms with Gasteiger partial charge in [0.05, 0.1) is 7.11 Å². The summed E-state index contributed by atoms with van der Waals surface area (Å²) < 4.78 is 6.53. The Labute approximate surface area is 127 Å². The number of methoxy groups -OCH3 is 1. The zero-order valence-electron chi connectivity index (χ0n) is 12.5. The Bertz CT molecular complexity index is 678. The van der Waals surface area contributed by atoms with Crippen LogP contribution in [0.4, 0.5) is 5.82 Å². The Morgan fingerprint density at radius 1 is 1.36 bits per heavy atom. The van der Waals surface area contributed by atoms with Crippen molar-refractivity contribution in [3.8, 4) is 5.75 Å². The summed E-state index contributed by atoms with van der Waals surface area (Å²) in [6, 6.07) is 6.24. The molecular weight excluding hydrogens is 288 g/mol. The highest BCUT2D eigenvalue weighted by Gasteiger charge is 2.26. The Morgan fingerprint density at radius 3 is 2.45 bits per heavy atom. The minimum atomic E-state index is -0.720. The first-order valence-electron chi connectivity index (χ1n) is 6.47. The van der Waals surface area contributed by atoms with E-state index in [-0.39, 0.29) is 11.7 Å². The van der Waals surface area contributed by atoms with Gasteiger partial charge in [0.2, 0.25) is 12.2 Å². The third-order valence-electron chi connectivity index (χ3n) is 3.18. The van der Waals surface area contributed by atoms with Gasteiger partial charge in [-0.3, -0.25) is 9.36 Å². The normalized spacial score (nSPS) is 11.8. The molecule has 22 heavy (non-hydrogen) atoms. The molecule has 0 spiro atoms. The van der Waals surface area contributed by atoms with Gasteiger partial charge < -0.3 is 19.8 Å². The van der Waals surface area contributed by atoms with Crippen LogP contribution >= 0.6 is 0 Å². The topological polar surface area (TPSA) is 90.5 Å². The fourth-order valence-corrected chi connectivity index (χ4v) is 2.03. The van der Waals surface area contributed by atoms with E-state index >= 15 is 0 Å². The fraction of sp³-hybridized carbons (Fsp3) is 0.286. The van der Waals surface area contributed by atoms with Crippen LogP contribution < -0.4 is 4.74 Å². The van der Waals surface area contributed by atoms with E-state index in [4.69, 9.17) is 4.74 Å². The quantitative estimate of drug-likeness (QED) is 0.616. The molecule has 2 rings (SSSR count). The van der Waals surface area contributed by atoms with Crippen LogP contribution in [0.2, 0.25) is 0 Å². The van der Waals surface area contributed by atoms with E-state index in [0.717, 1.165) is 0 Å². The second kappa shape index (κ2) is 6.25.